The van der Waals surface area contributed by atoms with Crippen LogP contribution in [0.3, 0.4) is 0 Å². The number of amides is 3. The van der Waals surface area contributed by atoms with Gasteiger partial charge in [-0.2, -0.15) is 0 Å². The molecule has 0 saturated heterocycles. The molecule has 7 heteroatoms. The summed E-state index contributed by atoms with van der Waals surface area (Å²) in [6, 6.07) is -1.28. The van der Waals surface area contributed by atoms with Crippen LogP contribution in [0.4, 0.5) is 4.79 Å². The minimum absolute atomic E-state index is 0.404. The minimum atomic E-state index is -0.845. The first-order valence-corrected chi connectivity index (χ1v) is 5.42. The van der Waals surface area contributed by atoms with Crippen LogP contribution >= 0.6 is 12.2 Å². The van der Waals surface area contributed by atoms with E-state index in [0.717, 1.165) is 0 Å². The van der Waals surface area contributed by atoms with Crippen LogP contribution in [0.15, 0.2) is 0 Å². The first-order chi connectivity index (χ1) is 7.38. The molecule has 6 nitrogen and oxygen atoms in total. The zero-order chi connectivity index (χ0) is 12.7. The molecule has 0 aliphatic rings. The molecular formula is C9H18N4O2S. The summed E-state index contributed by atoms with van der Waals surface area (Å²) in [7, 11) is 0. The molecular weight excluding hydrogens is 228 g/mol. The monoisotopic (exact) mass is 246 g/mol. The molecule has 3 amide bonds. The highest BCUT2D eigenvalue weighted by molar-refractivity contribution is 7.80. The van der Waals surface area contributed by atoms with Gasteiger partial charge >= 0.3 is 6.03 Å². The molecule has 0 aliphatic heterocycles. The van der Waals surface area contributed by atoms with Gasteiger partial charge < -0.3 is 11.5 Å². The smallest absolute Gasteiger partial charge is 0.318 e. The van der Waals surface area contributed by atoms with Crippen molar-refractivity contribution in [2.24, 2.45) is 11.5 Å². The van der Waals surface area contributed by atoms with Gasteiger partial charge in [0.25, 0.3) is 0 Å². The number of rotatable bonds is 6. The molecule has 0 aromatic rings. The van der Waals surface area contributed by atoms with Crippen molar-refractivity contribution in [3.05, 3.63) is 0 Å². The number of hydrogen-bond acceptors (Lipinski definition) is 4. The Kier molecular flexibility index (Phi) is 6.59. The number of imide groups is 1. The molecule has 0 spiro atoms. The average molecular weight is 246 g/mol. The number of primary amides is 1. The van der Waals surface area contributed by atoms with E-state index in [1.165, 1.54) is 0 Å². The fraction of sp³-hybridized carbons (Fsp3) is 0.667. The van der Waals surface area contributed by atoms with E-state index in [2.05, 4.69) is 0 Å². The topological polar surface area (TPSA) is 101 Å². The van der Waals surface area contributed by atoms with Gasteiger partial charge in [-0.3, -0.25) is 15.0 Å². The van der Waals surface area contributed by atoms with Crippen molar-refractivity contribution in [1.82, 2.24) is 10.2 Å². The predicted octanol–water partition coefficient (Wildman–Crippen LogP) is -0.432. The van der Waals surface area contributed by atoms with Crippen LogP contribution in [0, 0.1) is 0 Å². The first kappa shape index (κ1) is 14.8. The van der Waals surface area contributed by atoms with Crippen LogP contribution in [0.25, 0.3) is 0 Å². The summed E-state index contributed by atoms with van der Waals surface area (Å²) >= 11 is 4.76. The van der Waals surface area contributed by atoms with E-state index in [-0.39, 0.29) is 0 Å². The van der Waals surface area contributed by atoms with Crippen LogP contribution in [0.2, 0.25) is 0 Å². The summed E-state index contributed by atoms with van der Waals surface area (Å²) in [5.74, 6) is -0.419. The number of hydrogen-bond donors (Lipinski definition) is 3. The number of urea groups is 1. The maximum Gasteiger partial charge on any atom is 0.318 e. The van der Waals surface area contributed by atoms with Crippen molar-refractivity contribution in [1.29, 1.82) is 0 Å². The lowest BCUT2D eigenvalue weighted by molar-refractivity contribution is -0.124. The zero-order valence-corrected chi connectivity index (χ0v) is 10.3. The normalized spacial score (nSPS) is 12.2. The molecule has 16 heavy (non-hydrogen) atoms. The van der Waals surface area contributed by atoms with Crippen LogP contribution in [-0.4, -0.2) is 41.0 Å². The molecule has 5 N–H and O–H groups in total. The summed E-state index contributed by atoms with van der Waals surface area (Å²) in [6.07, 6.45) is 0.539. The van der Waals surface area contributed by atoms with Crippen molar-refractivity contribution < 1.29 is 9.59 Å². The Morgan fingerprint density at radius 2 is 2.00 bits per heavy atom. The van der Waals surface area contributed by atoms with E-state index >= 15 is 0 Å². The molecule has 0 aromatic heterocycles. The third kappa shape index (κ3) is 5.62. The van der Waals surface area contributed by atoms with Crippen LogP contribution in [0.5, 0.6) is 0 Å². The Hall–Kier alpha value is -1.21. The fourth-order valence-corrected chi connectivity index (χ4v) is 1.36. The van der Waals surface area contributed by atoms with Crippen molar-refractivity contribution >= 4 is 29.1 Å². The Balaban J connectivity index is 4.28. The number of carbonyl (C=O) groups is 2. The van der Waals surface area contributed by atoms with Gasteiger partial charge in [-0.05, 0) is 13.5 Å². The van der Waals surface area contributed by atoms with Gasteiger partial charge in [0.2, 0.25) is 5.91 Å². The van der Waals surface area contributed by atoms with Crippen molar-refractivity contribution in [2.75, 3.05) is 13.1 Å². The molecule has 0 saturated carbocycles. The molecule has 0 aromatic carbocycles. The standard InChI is InChI=1S/C9H18N4O2S/c1-3-13(5-4-7(10)16)6(2)8(14)12-9(11)15/h6H,3-5H2,1-2H3,(H2,10,16)(H3,11,12,14,15). The van der Waals surface area contributed by atoms with Crippen molar-refractivity contribution in [3.8, 4) is 0 Å². The molecule has 0 fully saturated rings. The second kappa shape index (κ2) is 7.13. The molecule has 92 valence electrons. The lowest BCUT2D eigenvalue weighted by Gasteiger charge is -2.26. The molecule has 1 atom stereocenters. The van der Waals surface area contributed by atoms with Crippen molar-refractivity contribution in [3.63, 3.8) is 0 Å². The lowest BCUT2D eigenvalue weighted by Crippen LogP contribution is -2.49. The highest BCUT2D eigenvalue weighted by Crippen LogP contribution is 2.00. The van der Waals surface area contributed by atoms with Crippen LogP contribution in [-0.2, 0) is 4.79 Å². The number of carbonyl (C=O) groups excluding carboxylic acids is 2. The summed E-state index contributed by atoms with van der Waals surface area (Å²) in [5, 5.41) is 2.04. The largest absolute Gasteiger partial charge is 0.393 e. The molecule has 1 unspecified atom stereocenters. The third-order valence-electron chi connectivity index (χ3n) is 2.23. The third-order valence-corrected chi connectivity index (χ3v) is 2.43. The zero-order valence-electron chi connectivity index (χ0n) is 9.53. The van der Waals surface area contributed by atoms with E-state index in [1.54, 1.807) is 6.92 Å². The Morgan fingerprint density at radius 1 is 1.44 bits per heavy atom. The number of thiocarbonyl (C=S) groups is 1. The average Bonchev–Trinajstić information content (AvgIpc) is 2.16. The van der Waals surface area contributed by atoms with Gasteiger partial charge in [0.05, 0.1) is 11.0 Å². The van der Waals surface area contributed by atoms with E-state index in [4.69, 9.17) is 23.7 Å². The molecule has 0 rings (SSSR count). The van der Waals surface area contributed by atoms with Crippen LogP contribution in [0.1, 0.15) is 20.3 Å². The summed E-state index contributed by atoms with van der Waals surface area (Å²) in [6.45, 7) is 4.85. The summed E-state index contributed by atoms with van der Waals surface area (Å²) in [5.41, 5.74) is 10.2. The molecule has 0 radical (unpaired) electrons. The molecule has 0 bridgehead atoms. The first-order valence-electron chi connectivity index (χ1n) is 5.01. The Labute approximate surface area is 100 Å². The predicted molar refractivity (Wildman–Crippen MR) is 65.8 cm³/mol. The van der Waals surface area contributed by atoms with Gasteiger partial charge in [0.15, 0.2) is 0 Å². The minimum Gasteiger partial charge on any atom is -0.393 e. The van der Waals surface area contributed by atoms with Gasteiger partial charge in [-0.25, -0.2) is 4.79 Å². The van der Waals surface area contributed by atoms with Crippen molar-refractivity contribution in [2.45, 2.75) is 26.3 Å². The number of nitrogens with two attached hydrogens (primary N) is 2. The number of likely N-dealkylation sites (N-methyl/N-ethyl adjacent to an activating group) is 1. The SMILES string of the molecule is CCN(CCC(N)=S)C(C)C(=O)NC(N)=O. The quantitative estimate of drug-likeness (QED) is 0.552. The highest BCUT2D eigenvalue weighted by Gasteiger charge is 2.20. The Bertz CT molecular complexity index is 283. The van der Waals surface area contributed by atoms with Gasteiger partial charge in [0, 0.05) is 13.0 Å². The number of nitrogens with one attached hydrogen (secondary N) is 1. The van der Waals surface area contributed by atoms with Gasteiger partial charge in [0.1, 0.15) is 0 Å². The van der Waals surface area contributed by atoms with E-state index < -0.39 is 18.0 Å². The Morgan fingerprint density at radius 3 is 2.38 bits per heavy atom. The molecule has 0 heterocycles. The second-order valence-electron chi connectivity index (χ2n) is 3.37. The highest BCUT2D eigenvalue weighted by atomic mass is 32.1. The number of nitrogens with zero attached hydrogens (tertiary/aromatic N) is 1. The van der Waals surface area contributed by atoms with Gasteiger partial charge in [-0.15, -0.1) is 0 Å². The lowest BCUT2D eigenvalue weighted by atomic mass is 10.2. The van der Waals surface area contributed by atoms with E-state index in [0.29, 0.717) is 24.5 Å². The van der Waals surface area contributed by atoms with Gasteiger partial charge in [-0.1, -0.05) is 19.1 Å². The summed E-state index contributed by atoms with van der Waals surface area (Å²) < 4.78 is 0. The second-order valence-corrected chi connectivity index (χ2v) is 3.90. The summed E-state index contributed by atoms with van der Waals surface area (Å²) in [4.78, 5) is 24.3. The van der Waals surface area contributed by atoms with E-state index in [9.17, 15) is 9.59 Å². The maximum absolute atomic E-state index is 11.5. The fourth-order valence-electron chi connectivity index (χ4n) is 1.27. The van der Waals surface area contributed by atoms with E-state index in [1.807, 2.05) is 17.1 Å². The van der Waals surface area contributed by atoms with Crippen LogP contribution < -0.4 is 16.8 Å². The maximum atomic E-state index is 11.5. The molecule has 0 aliphatic carbocycles.